The van der Waals surface area contributed by atoms with Crippen molar-refractivity contribution in [2.75, 3.05) is 11.9 Å². The Bertz CT molecular complexity index is 619. The second-order valence-electron chi connectivity index (χ2n) is 4.93. The molecule has 0 bridgehead atoms. The second-order valence-corrected chi connectivity index (χ2v) is 5.78. The number of hydrogen-bond donors (Lipinski definition) is 1. The fourth-order valence-electron chi connectivity index (χ4n) is 2.62. The molecule has 1 heterocycles. The van der Waals surface area contributed by atoms with Crippen LogP contribution in [0.25, 0.3) is 10.8 Å². The minimum atomic E-state index is 0.963. The Kier molecular flexibility index (Phi) is 3.83. The third-order valence-electron chi connectivity index (χ3n) is 3.63. The molecule has 0 radical (unpaired) electrons. The summed E-state index contributed by atoms with van der Waals surface area (Å²) in [4.78, 5) is 4.46. The summed E-state index contributed by atoms with van der Waals surface area (Å²) in [5.41, 5.74) is 1.59. The Labute approximate surface area is 122 Å². The molecule has 0 unspecified atom stereocenters. The van der Waals surface area contributed by atoms with Gasteiger partial charge in [-0.2, -0.15) is 0 Å². The van der Waals surface area contributed by atoms with E-state index in [2.05, 4.69) is 50.5 Å². The minimum Gasteiger partial charge on any atom is -0.369 e. The Morgan fingerprint density at radius 3 is 3.00 bits per heavy atom. The monoisotopic (exact) mass is 316 g/mol. The highest BCUT2D eigenvalue weighted by atomic mass is 79.9. The highest BCUT2D eigenvalue weighted by molar-refractivity contribution is 9.10. The SMILES string of the molecule is Brc1cccc2c(NCCC3=CCCC3)nccc12. The number of halogens is 1. The van der Waals surface area contributed by atoms with Gasteiger partial charge in [0, 0.05) is 28.0 Å². The van der Waals surface area contributed by atoms with Crippen molar-refractivity contribution in [3.63, 3.8) is 0 Å². The molecule has 3 rings (SSSR count). The Hall–Kier alpha value is -1.35. The number of hydrogen-bond acceptors (Lipinski definition) is 2. The summed E-state index contributed by atoms with van der Waals surface area (Å²) < 4.78 is 1.12. The van der Waals surface area contributed by atoms with Gasteiger partial charge in [0.2, 0.25) is 0 Å². The molecule has 98 valence electrons. The third kappa shape index (κ3) is 2.81. The van der Waals surface area contributed by atoms with Gasteiger partial charge in [0.05, 0.1) is 0 Å². The van der Waals surface area contributed by atoms with Crippen LogP contribution in [0.3, 0.4) is 0 Å². The molecule has 0 spiro atoms. The van der Waals surface area contributed by atoms with E-state index in [0.29, 0.717) is 0 Å². The highest BCUT2D eigenvalue weighted by Crippen LogP contribution is 2.28. The van der Waals surface area contributed by atoms with Gasteiger partial charge in [-0.1, -0.05) is 39.7 Å². The molecular weight excluding hydrogens is 300 g/mol. The summed E-state index contributed by atoms with van der Waals surface area (Å²) in [7, 11) is 0. The highest BCUT2D eigenvalue weighted by Gasteiger charge is 2.06. The molecule has 1 aliphatic carbocycles. The van der Waals surface area contributed by atoms with Crippen LogP contribution in [0.4, 0.5) is 5.82 Å². The molecule has 19 heavy (non-hydrogen) atoms. The molecule has 0 amide bonds. The van der Waals surface area contributed by atoms with E-state index in [1.807, 2.05) is 12.3 Å². The topological polar surface area (TPSA) is 24.9 Å². The van der Waals surface area contributed by atoms with E-state index < -0.39 is 0 Å². The van der Waals surface area contributed by atoms with E-state index >= 15 is 0 Å². The number of rotatable bonds is 4. The van der Waals surface area contributed by atoms with Crippen molar-refractivity contribution in [3.8, 4) is 0 Å². The quantitative estimate of drug-likeness (QED) is 0.811. The lowest BCUT2D eigenvalue weighted by Gasteiger charge is -2.09. The zero-order valence-corrected chi connectivity index (χ0v) is 12.4. The van der Waals surface area contributed by atoms with E-state index in [9.17, 15) is 0 Å². The number of nitrogens with one attached hydrogen (secondary N) is 1. The number of benzene rings is 1. The predicted octanol–water partition coefficient (Wildman–Crippen LogP) is 4.91. The average molecular weight is 317 g/mol. The van der Waals surface area contributed by atoms with E-state index in [1.165, 1.54) is 30.0 Å². The first-order valence-electron chi connectivity index (χ1n) is 6.79. The molecular formula is C16H17BrN2. The smallest absolute Gasteiger partial charge is 0.133 e. The van der Waals surface area contributed by atoms with Crippen molar-refractivity contribution >= 4 is 32.5 Å². The molecule has 1 N–H and O–H groups in total. The van der Waals surface area contributed by atoms with Crippen LogP contribution in [0.5, 0.6) is 0 Å². The Balaban J connectivity index is 1.75. The summed E-state index contributed by atoms with van der Waals surface area (Å²) in [5, 5.41) is 5.86. The molecule has 1 aromatic carbocycles. The van der Waals surface area contributed by atoms with Gasteiger partial charge in [-0.05, 0) is 37.8 Å². The van der Waals surface area contributed by atoms with E-state index in [4.69, 9.17) is 0 Å². The molecule has 0 saturated heterocycles. The Morgan fingerprint density at radius 2 is 2.16 bits per heavy atom. The normalized spacial score (nSPS) is 14.7. The molecule has 0 fully saturated rings. The summed E-state index contributed by atoms with van der Waals surface area (Å²) in [6.07, 6.45) is 9.24. The van der Waals surface area contributed by atoms with Crippen molar-refractivity contribution < 1.29 is 0 Å². The largest absolute Gasteiger partial charge is 0.369 e. The predicted molar refractivity (Wildman–Crippen MR) is 84.5 cm³/mol. The summed E-state index contributed by atoms with van der Waals surface area (Å²) in [6.45, 7) is 0.963. The third-order valence-corrected chi connectivity index (χ3v) is 4.32. The maximum atomic E-state index is 4.46. The zero-order chi connectivity index (χ0) is 13.1. The number of aromatic nitrogens is 1. The van der Waals surface area contributed by atoms with Crippen molar-refractivity contribution in [2.45, 2.75) is 25.7 Å². The van der Waals surface area contributed by atoms with Crippen LogP contribution in [0.2, 0.25) is 0 Å². The van der Waals surface area contributed by atoms with Gasteiger partial charge in [-0.15, -0.1) is 0 Å². The summed E-state index contributed by atoms with van der Waals surface area (Å²) >= 11 is 3.59. The number of anilines is 1. The maximum absolute atomic E-state index is 4.46. The second kappa shape index (κ2) is 5.74. The van der Waals surface area contributed by atoms with Crippen molar-refractivity contribution in [1.82, 2.24) is 4.98 Å². The van der Waals surface area contributed by atoms with Gasteiger partial charge in [-0.25, -0.2) is 4.98 Å². The lowest BCUT2D eigenvalue weighted by molar-refractivity contribution is 0.862. The van der Waals surface area contributed by atoms with Gasteiger partial charge in [0.25, 0.3) is 0 Å². The van der Waals surface area contributed by atoms with E-state index in [1.54, 1.807) is 5.57 Å². The lowest BCUT2D eigenvalue weighted by Crippen LogP contribution is -2.04. The first-order chi connectivity index (χ1) is 9.34. The van der Waals surface area contributed by atoms with Crippen LogP contribution in [-0.2, 0) is 0 Å². The Morgan fingerprint density at radius 1 is 1.21 bits per heavy atom. The molecule has 3 heteroatoms. The van der Waals surface area contributed by atoms with Crippen LogP contribution in [0, 0.1) is 0 Å². The van der Waals surface area contributed by atoms with E-state index in [-0.39, 0.29) is 0 Å². The molecule has 1 aliphatic rings. The number of nitrogens with zero attached hydrogens (tertiary/aromatic N) is 1. The number of fused-ring (bicyclic) bond motifs is 1. The van der Waals surface area contributed by atoms with Crippen molar-refractivity contribution in [3.05, 3.63) is 46.6 Å². The minimum absolute atomic E-state index is 0.963. The molecule has 0 saturated carbocycles. The van der Waals surface area contributed by atoms with Crippen LogP contribution in [0.1, 0.15) is 25.7 Å². The first kappa shape index (κ1) is 12.7. The van der Waals surface area contributed by atoms with Gasteiger partial charge >= 0.3 is 0 Å². The average Bonchev–Trinajstić information content (AvgIpc) is 2.93. The standard InChI is InChI=1S/C16H17BrN2/c17-15-7-3-6-14-13(15)9-11-19-16(14)18-10-8-12-4-1-2-5-12/h3-4,6-7,9,11H,1-2,5,8,10H2,(H,18,19). The molecule has 0 atom stereocenters. The number of allylic oxidation sites excluding steroid dienone is 1. The van der Waals surface area contributed by atoms with Crippen LogP contribution in [-0.4, -0.2) is 11.5 Å². The van der Waals surface area contributed by atoms with Crippen molar-refractivity contribution in [2.24, 2.45) is 0 Å². The number of pyridine rings is 1. The van der Waals surface area contributed by atoms with Crippen LogP contribution in [0.15, 0.2) is 46.6 Å². The van der Waals surface area contributed by atoms with Crippen molar-refractivity contribution in [1.29, 1.82) is 0 Å². The molecule has 2 nitrogen and oxygen atoms in total. The fourth-order valence-corrected chi connectivity index (χ4v) is 3.11. The van der Waals surface area contributed by atoms with Gasteiger partial charge in [-0.3, -0.25) is 0 Å². The molecule has 0 aliphatic heterocycles. The summed E-state index contributed by atoms with van der Waals surface area (Å²) in [5.74, 6) is 0.984. The first-order valence-corrected chi connectivity index (χ1v) is 7.59. The zero-order valence-electron chi connectivity index (χ0n) is 10.8. The lowest BCUT2D eigenvalue weighted by atomic mass is 10.1. The van der Waals surface area contributed by atoms with Crippen LogP contribution >= 0.6 is 15.9 Å². The molecule has 1 aromatic heterocycles. The van der Waals surface area contributed by atoms with E-state index in [0.717, 1.165) is 23.3 Å². The van der Waals surface area contributed by atoms with Crippen LogP contribution < -0.4 is 5.32 Å². The fraction of sp³-hybridized carbons (Fsp3) is 0.312. The van der Waals surface area contributed by atoms with Gasteiger partial charge in [0.15, 0.2) is 0 Å². The molecule has 2 aromatic rings. The van der Waals surface area contributed by atoms with Gasteiger partial charge < -0.3 is 5.32 Å². The van der Waals surface area contributed by atoms with Gasteiger partial charge in [0.1, 0.15) is 5.82 Å². The maximum Gasteiger partial charge on any atom is 0.133 e. The summed E-state index contributed by atoms with van der Waals surface area (Å²) in [6, 6.07) is 8.28.